The van der Waals surface area contributed by atoms with Gasteiger partial charge in [-0.2, -0.15) is 0 Å². The Labute approximate surface area is 386 Å². The molecule has 2 aromatic heterocycles. The Morgan fingerprint density at radius 2 is 1.69 bits per heavy atom. The van der Waals surface area contributed by atoms with Crippen LogP contribution in [0.3, 0.4) is 0 Å². The zero-order valence-electron chi connectivity index (χ0n) is 37.8. The maximum absolute atomic E-state index is 15.2. The highest BCUT2D eigenvalue weighted by Crippen LogP contribution is 2.36. The normalized spacial score (nSPS) is 14.7. The Balaban J connectivity index is 0.809. The van der Waals surface area contributed by atoms with Crippen LogP contribution >= 0.6 is 0 Å². The van der Waals surface area contributed by atoms with E-state index >= 15 is 4.39 Å². The largest absolute Gasteiger partial charge is 0.495 e. The summed E-state index contributed by atoms with van der Waals surface area (Å²) in [4.78, 5) is 68.8. The van der Waals surface area contributed by atoms with Gasteiger partial charge in [0.1, 0.15) is 29.4 Å². The van der Waals surface area contributed by atoms with Crippen LogP contribution in [0.2, 0.25) is 0 Å². The number of benzene rings is 4. The van der Waals surface area contributed by atoms with Crippen molar-refractivity contribution in [1.29, 1.82) is 0 Å². The van der Waals surface area contributed by atoms with Gasteiger partial charge in [-0.3, -0.25) is 29.5 Å². The maximum atomic E-state index is 15.2. The van der Waals surface area contributed by atoms with E-state index in [9.17, 15) is 28.7 Å². The Kier molecular flexibility index (Phi) is 13.7. The number of halogens is 2. The fourth-order valence-electron chi connectivity index (χ4n) is 8.44. The third kappa shape index (κ3) is 10.5. The van der Waals surface area contributed by atoms with Crippen molar-refractivity contribution in [2.75, 3.05) is 63.1 Å². The number of hydrogen-bond acceptors (Lipinski definition) is 10. The molecule has 15 nitrogen and oxygen atoms in total. The number of aromatic amines is 1. The molecule has 0 atom stereocenters. The van der Waals surface area contributed by atoms with Crippen molar-refractivity contribution >= 4 is 46.2 Å². The number of imide groups is 1. The molecule has 17 heteroatoms. The second-order valence-corrected chi connectivity index (χ2v) is 17.4. The number of hydrogen-bond donors (Lipinski definition) is 5. The summed E-state index contributed by atoms with van der Waals surface area (Å²) in [6, 6.07) is 21.0. The molecule has 0 aliphatic carbocycles. The predicted octanol–water partition coefficient (Wildman–Crippen LogP) is 7.14. The van der Waals surface area contributed by atoms with E-state index in [1.807, 2.05) is 23.1 Å². The molecule has 0 bridgehead atoms. The highest BCUT2D eigenvalue weighted by Gasteiger charge is 2.29. The first-order valence-corrected chi connectivity index (χ1v) is 22.3. The number of H-pyrrole nitrogens is 1. The highest BCUT2D eigenvalue weighted by molar-refractivity contribution is 6.07. The molecule has 2 aliphatic heterocycles. The lowest BCUT2D eigenvalue weighted by atomic mass is 9.96. The van der Waals surface area contributed by atoms with Gasteiger partial charge < -0.3 is 30.4 Å². The zero-order chi connectivity index (χ0) is 47.4. The first-order valence-electron chi connectivity index (χ1n) is 22.3. The van der Waals surface area contributed by atoms with Crippen molar-refractivity contribution in [3.8, 4) is 28.3 Å². The third-order valence-corrected chi connectivity index (χ3v) is 12.3. The van der Waals surface area contributed by atoms with Gasteiger partial charge in [0.05, 0.1) is 29.7 Å². The van der Waals surface area contributed by atoms with Crippen molar-refractivity contribution < 1.29 is 37.8 Å². The highest BCUT2D eigenvalue weighted by atomic mass is 19.1. The fraction of sp³-hybridized carbons (Fsp3) is 0.320. The second kappa shape index (κ2) is 19.8. The lowest BCUT2D eigenvalue weighted by molar-refractivity contribution is -0.120. The van der Waals surface area contributed by atoms with Crippen molar-refractivity contribution in [2.24, 2.45) is 0 Å². The zero-order valence-corrected chi connectivity index (χ0v) is 37.8. The molecule has 5 amide bonds. The molecule has 2 fully saturated rings. The van der Waals surface area contributed by atoms with Crippen LogP contribution in [0.5, 0.6) is 5.75 Å². The number of methoxy groups -OCH3 is 1. The van der Waals surface area contributed by atoms with Crippen LogP contribution in [0, 0.1) is 18.6 Å². The molecular formula is C50H53F2N9O6. The lowest BCUT2D eigenvalue weighted by Gasteiger charge is -2.35. The summed E-state index contributed by atoms with van der Waals surface area (Å²) in [5.74, 6) is -2.17. The summed E-state index contributed by atoms with van der Waals surface area (Å²) in [6.07, 6.45) is 3.57. The van der Waals surface area contributed by atoms with Crippen molar-refractivity contribution in [3.05, 3.63) is 125 Å². The first-order chi connectivity index (χ1) is 32.2. The molecule has 2 saturated heterocycles. The van der Waals surface area contributed by atoms with Crippen LogP contribution in [-0.2, 0) is 16.9 Å². The number of unbranched alkanes of at least 4 members (excludes halogenated alkanes) is 1. The fourth-order valence-corrected chi connectivity index (χ4v) is 8.44. The Morgan fingerprint density at radius 1 is 0.910 bits per heavy atom. The first kappa shape index (κ1) is 46.4. The molecule has 0 spiro atoms. The van der Waals surface area contributed by atoms with Crippen molar-refractivity contribution in [2.45, 2.75) is 52.2 Å². The van der Waals surface area contributed by atoms with Crippen LogP contribution in [0.1, 0.15) is 70.5 Å². The quantitative estimate of drug-likeness (QED) is 0.0664. The standard InChI is InChI=1S/C50H53F2N9O6/c1-30-37(25-35(51)26-40(30)57-47(63)36-13-12-34(24-39(36)52)50(2,3)66)45-38-27-41(56-46(38)55-29-54-45)32-9-7-31(8-10-32)28-53-16-5-6-17-59-19-21-60(22-20-59)48(64)33-11-14-43(67-4)42(23-33)61-18-15-44(62)58-49(61)65/h7-14,23-27,29,53,66H,5-6,15-22,28H2,1-4H3,(H,57,63)(H,54,55,56)(H,58,62,65). The number of ether oxygens (including phenoxy) is 1. The van der Waals surface area contributed by atoms with E-state index in [1.54, 1.807) is 25.1 Å². The number of aliphatic hydroxyl groups is 1. The Morgan fingerprint density at radius 3 is 2.40 bits per heavy atom. The van der Waals surface area contributed by atoms with Crippen molar-refractivity contribution in [3.63, 3.8) is 0 Å². The van der Waals surface area contributed by atoms with Gasteiger partial charge in [-0.1, -0.05) is 30.3 Å². The molecule has 2 aliphatic rings. The van der Waals surface area contributed by atoms with Crippen LogP contribution in [0.15, 0.2) is 85.2 Å². The number of fused-ring (bicyclic) bond motifs is 1. The van der Waals surface area contributed by atoms with Gasteiger partial charge in [0.2, 0.25) is 5.91 Å². The van der Waals surface area contributed by atoms with E-state index in [1.165, 1.54) is 56.4 Å². The molecule has 348 valence electrons. The molecule has 4 aromatic carbocycles. The molecule has 0 unspecified atom stereocenters. The van der Waals surface area contributed by atoms with Crippen LogP contribution in [-0.4, -0.2) is 107 Å². The van der Waals surface area contributed by atoms with Gasteiger partial charge in [-0.25, -0.2) is 23.5 Å². The number of nitrogens with one attached hydrogen (secondary N) is 4. The average Bonchev–Trinajstić information content (AvgIpc) is 3.76. The van der Waals surface area contributed by atoms with Gasteiger partial charge >= 0.3 is 6.03 Å². The molecule has 6 aromatic rings. The molecule has 4 heterocycles. The SMILES string of the molecule is COc1ccc(C(=O)N2CCN(CCCCNCc3ccc(-c4cc5c(-c6cc(F)cc(NC(=O)c7ccc(C(C)(C)O)cc7F)c6C)ncnc5[nH]4)cc3)CC2)cc1N1CCC(=O)NC1=O. The van der Waals surface area contributed by atoms with Crippen LogP contribution in [0.25, 0.3) is 33.5 Å². The van der Waals surface area contributed by atoms with E-state index < -0.39 is 29.2 Å². The van der Waals surface area contributed by atoms with Gasteiger partial charge in [-0.05, 0) is 117 Å². The summed E-state index contributed by atoms with van der Waals surface area (Å²) >= 11 is 0. The number of rotatable bonds is 15. The van der Waals surface area contributed by atoms with Crippen molar-refractivity contribution in [1.82, 2.24) is 35.4 Å². The Bertz CT molecular complexity index is 2840. The lowest BCUT2D eigenvalue weighted by Crippen LogP contribution is -2.50. The summed E-state index contributed by atoms with van der Waals surface area (Å²) < 4.78 is 35.6. The number of carbonyl (C=O) groups is 4. The van der Waals surface area contributed by atoms with Gasteiger partial charge in [0.15, 0.2) is 0 Å². The smallest absolute Gasteiger partial charge is 0.328 e. The number of anilines is 2. The monoisotopic (exact) mass is 913 g/mol. The molecular weight excluding hydrogens is 861 g/mol. The molecule has 0 radical (unpaired) electrons. The van der Waals surface area contributed by atoms with Gasteiger partial charge in [0.25, 0.3) is 11.8 Å². The Hall–Kier alpha value is -7.08. The maximum Gasteiger partial charge on any atom is 0.328 e. The van der Waals surface area contributed by atoms with E-state index in [0.717, 1.165) is 61.9 Å². The number of carbonyl (C=O) groups excluding carboxylic acids is 4. The number of urea groups is 1. The van der Waals surface area contributed by atoms with Gasteiger partial charge in [-0.15, -0.1) is 0 Å². The summed E-state index contributed by atoms with van der Waals surface area (Å²) in [6.45, 7) is 10.2. The number of piperazine rings is 1. The third-order valence-electron chi connectivity index (χ3n) is 12.3. The van der Waals surface area contributed by atoms with Crippen LogP contribution < -0.4 is 25.6 Å². The minimum absolute atomic E-state index is 0.108. The summed E-state index contributed by atoms with van der Waals surface area (Å²) in [5.41, 5.74) is 4.70. The minimum atomic E-state index is -1.29. The number of amides is 5. The number of nitrogens with zero attached hydrogens (tertiary/aromatic N) is 5. The molecule has 8 rings (SSSR count). The van der Waals surface area contributed by atoms with E-state index in [0.29, 0.717) is 70.1 Å². The van der Waals surface area contributed by atoms with E-state index in [4.69, 9.17) is 4.74 Å². The summed E-state index contributed by atoms with van der Waals surface area (Å²) in [5, 5.41) is 19.4. The summed E-state index contributed by atoms with van der Waals surface area (Å²) in [7, 11) is 1.50. The molecule has 67 heavy (non-hydrogen) atoms. The average molecular weight is 914 g/mol. The molecule has 0 saturated carbocycles. The molecule has 5 N–H and O–H groups in total. The second-order valence-electron chi connectivity index (χ2n) is 17.4. The van der Waals surface area contributed by atoms with E-state index in [-0.39, 0.29) is 36.0 Å². The van der Waals surface area contributed by atoms with Gasteiger partial charge in [0, 0.05) is 73.6 Å². The number of aromatic nitrogens is 3. The van der Waals surface area contributed by atoms with E-state index in [2.05, 4.69) is 47.9 Å². The minimum Gasteiger partial charge on any atom is -0.495 e. The topological polar surface area (TPSA) is 185 Å². The van der Waals surface area contributed by atoms with Crippen LogP contribution in [0.4, 0.5) is 25.0 Å². The predicted molar refractivity (Wildman–Crippen MR) is 251 cm³/mol.